The standard InChI is InChI=1S/C28H42O.C2H6O2.7C2H4/c1-3-5-7-9-11-13-19-25-21-15-17-23-27(25)29-28-24-18-16-22-26(28)20-14-12-10-8-6-4-2;3-1-2-4;7*1-2/h15-18,21-24H,3-14,19-20H2,1-2H3;3-4H,1-2H2;7*1-2H2. The van der Waals surface area contributed by atoms with Gasteiger partial charge in [0.1, 0.15) is 11.5 Å². The molecule has 0 aliphatic carbocycles. The van der Waals surface area contributed by atoms with Crippen LogP contribution in [0.1, 0.15) is 102 Å². The molecule has 2 rings (SSSR count). The van der Waals surface area contributed by atoms with Gasteiger partial charge in [-0.3, -0.25) is 0 Å². The van der Waals surface area contributed by atoms with Crippen molar-refractivity contribution in [3.63, 3.8) is 0 Å². The number of ether oxygens (including phenoxy) is 1. The number of aliphatic hydroxyl groups is 2. The summed E-state index contributed by atoms with van der Waals surface area (Å²) < 4.78 is 6.43. The van der Waals surface area contributed by atoms with E-state index in [1.165, 1.54) is 88.2 Å². The van der Waals surface area contributed by atoms with Crippen LogP contribution in [-0.4, -0.2) is 23.4 Å². The topological polar surface area (TPSA) is 49.7 Å². The Bertz CT molecular complexity index is 725. The van der Waals surface area contributed by atoms with Crippen molar-refractivity contribution in [3.05, 3.63) is 152 Å². The van der Waals surface area contributed by atoms with Gasteiger partial charge in [0.15, 0.2) is 0 Å². The largest absolute Gasteiger partial charge is 0.457 e. The molecule has 0 amide bonds. The van der Waals surface area contributed by atoms with Gasteiger partial charge < -0.3 is 14.9 Å². The molecule has 0 heterocycles. The second kappa shape index (κ2) is 65.1. The number of rotatable bonds is 17. The van der Waals surface area contributed by atoms with Gasteiger partial charge in [0.2, 0.25) is 0 Å². The van der Waals surface area contributed by atoms with E-state index in [0.29, 0.717) is 0 Å². The Morgan fingerprint density at radius 3 is 0.936 bits per heavy atom. The predicted octanol–water partition coefficient (Wildman–Crippen LogP) is 13.9. The van der Waals surface area contributed by atoms with Crippen LogP contribution in [0.4, 0.5) is 0 Å². The lowest BCUT2D eigenvalue weighted by molar-refractivity contribution is 0.186. The molecule has 0 aromatic heterocycles. The quantitative estimate of drug-likeness (QED) is 0.132. The summed E-state index contributed by atoms with van der Waals surface area (Å²) in [6.07, 6.45) is 18.2. The Hall–Kier alpha value is -3.66. The minimum atomic E-state index is -0.125. The van der Waals surface area contributed by atoms with Gasteiger partial charge in [0.25, 0.3) is 0 Å². The second-order valence-corrected chi connectivity index (χ2v) is 8.80. The second-order valence-electron chi connectivity index (χ2n) is 8.80. The molecule has 0 unspecified atom stereocenters. The number of aliphatic hydroxyl groups excluding tert-OH is 2. The van der Waals surface area contributed by atoms with Gasteiger partial charge in [0, 0.05) is 0 Å². The van der Waals surface area contributed by atoms with E-state index in [1.54, 1.807) is 0 Å². The van der Waals surface area contributed by atoms with Crippen LogP contribution in [0.3, 0.4) is 0 Å². The Kier molecular flexibility index (Phi) is 81.5. The first-order valence-electron chi connectivity index (χ1n) is 16.8. The van der Waals surface area contributed by atoms with Crippen molar-refractivity contribution in [2.24, 2.45) is 0 Å². The van der Waals surface area contributed by atoms with E-state index < -0.39 is 0 Å². The van der Waals surface area contributed by atoms with Gasteiger partial charge in [-0.1, -0.05) is 114 Å². The molecule has 0 saturated carbocycles. The fourth-order valence-corrected chi connectivity index (χ4v) is 3.93. The Balaban J connectivity index is -0.000000151. The van der Waals surface area contributed by atoms with Crippen molar-refractivity contribution in [1.82, 2.24) is 0 Å². The summed E-state index contributed by atoms with van der Waals surface area (Å²) in [5.41, 5.74) is 2.69. The van der Waals surface area contributed by atoms with Gasteiger partial charge in [-0.15, -0.1) is 92.1 Å². The third-order valence-electron chi connectivity index (χ3n) is 5.86. The molecule has 47 heavy (non-hydrogen) atoms. The molecule has 2 aromatic rings. The molecule has 0 spiro atoms. The molecule has 0 bridgehead atoms. The highest BCUT2D eigenvalue weighted by Gasteiger charge is 2.08. The maximum absolute atomic E-state index is 7.62. The molecular formula is C44H76O3. The van der Waals surface area contributed by atoms with E-state index >= 15 is 0 Å². The van der Waals surface area contributed by atoms with Gasteiger partial charge in [-0.05, 0) is 48.9 Å². The van der Waals surface area contributed by atoms with Crippen molar-refractivity contribution in [3.8, 4) is 11.5 Å². The Labute approximate surface area is 294 Å². The average Bonchev–Trinajstić information content (AvgIpc) is 3.18. The van der Waals surface area contributed by atoms with Crippen molar-refractivity contribution in [1.29, 1.82) is 0 Å². The first-order valence-corrected chi connectivity index (χ1v) is 16.8. The van der Waals surface area contributed by atoms with Gasteiger partial charge in [-0.2, -0.15) is 0 Å². The summed E-state index contributed by atoms with van der Waals surface area (Å²) in [5, 5.41) is 15.2. The Morgan fingerprint density at radius 2 is 0.660 bits per heavy atom. The molecule has 0 saturated heterocycles. The van der Waals surface area contributed by atoms with Crippen LogP contribution in [0.5, 0.6) is 11.5 Å². The maximum Gasteiger partial charge on any atom is 0.130 e. The summed E-state index contributed by atoms with van der Waals surface area (Å²) in [6.45, 7) is 46.3. The normalized spacial score (nSPS) is 8.00. The minimum Gasteiger partial charge on any atom is -0.457 e. The van der Waals surface area contributed by atoms with E-state index in [-0.39, 0.29) is 13.2 Å². The van der Waals surface area contributed by atoms with Crippen LogP contribution in [0.2, 0.25) is 0 Å². The zero-order valence-electron chi connectivity index (χ0n) is 31.1. The van der Waals surface area contributed by atoms with E-state index in [0.717, 1.165) is 24.3 Å². The van der Waals surface area contributed by atoms with Crippen molar-refractivity contribution >= 4 is 0 Å². The smallest absolute Gasteiger partial charge is 0.130 e. The van der Waals surface area contributed by atoms with E-state index in [9.17, 15) is 0 Å². The number of aryl methyl sites for hydroxylation is 2. The average molecular weight is 653 g/mol. The lowest BCUT2D eigenvalue weighted by atomic mass is 10.0. The van der Waals surface area contributed by atoms with E-state index in [1.807, 2.05) is 0 Å². The van der Waals surface area contributed by atoms with Gasteiger partial charge in [0.05, 0.1) is 13.2 Å². The zero-order valence-corrected chi connectivity index (χ0v) is 31.1. The molecule has 0 aliphatic heterocycles. The van der Waals surface area contributed by atoms with E-state index in [2.05, 4.69) is 154 Å². The number of para-hydroxylation sites is 2. The molecule has 0 fully saturated rings. The summed E-state index contributed by atoms with van der Waals surface area (Å²) in [6, 6.07) is 17.2. The van der Waals surface area contributed by atoms with Crippen LogP contribution < -0.4 is 4.74 Å². The van der Waals surface area contributed by atoms with Gasteiger partial charge in [-0.25, -0.2) is 0 Å². The first-order chi connectivity index (χ1) is 23.3. The van der Waals surface area contributed by atoms with Crippen LogP contribution in [0, 0.1) is 0 Å². The molecule has 0 atom stereocenters. The number of hydrogen-bond acceptors (Lipinski definition) is 3. The van der Waals surface area contributed by atoms with Crippen molar-refractivity contribution < 1.29 is 14.9 Å². The third-order valence-corrected chi connectivity index (χ3v) is 5.86. The molecule has 0 radical (unpaired) electrons. The summed E-state index contributed by atoms with van der Waals surface area (Å²) in [4.78, 5) is 0. The highest BCUT2D eigenvalue weighted by atomic mass is 16.5. The number of hydrogen-bond donors (Lipinski definition) is 2. The van der Waals surface area contributed by atoms with Crippen LogP contribution in [0.15, 0.2) is 141 Å². The fourth-order valence-electron chi connectivity index (χ4n) is 3.93. The third kappa shape index (κ3) is 44.5. The monoisotopic (exact) mass is 653 g/mol. The lowest BCUT2D eigenvalue weighted by Crippen LogP contribution is -1.96. The lowest BCUT2D eigenvalue weighted by Gasteiger charge is -2.14. The highest BCUT2D eigenvalue weighted by Crippen LogP contribution is 2.30. The predicted molar refractivity (Wildman–Crippen MR) is 220 cm³/mol. The van der Waals surface area contributed by atoms with E-state index in [4.69, 9.17) is 14.9 Å². The van der Waals surface area contributed by atoms with Crippen LogP contribution in [0.25, 0.3) is 0 Å². The summed E-state index contributed by atoms with van der Waals surface area (Å²) in [7, 11) is 0. The molecule has 2 aromatic carbocycles. The van der Waals surface area contributed by atoms with Crippen LogP contribution in [-0.2, 0) is 12.8 Å². The first kappa shape index (κ1) is 58.8. The van der Waals surface area contributed by atoms with Crippen LogP contribution >= 0.6 is 0 Å². The molecule has 3 heteroatoms. The molecule has 2 N–H and O–H groups in total. The maximum atomic E-state index is 7.62. The summed E-state index contributed by atoms with van der Waals surface area (Å²) >= 11 is 0. The Morgan fingerprint density at radius 1 is 0.404 bits per heavy atom. The zero-order chi connectivity index (χ0) is 38.0. The highest BCUT2D eigenvalue weighted by molar-refractivity contribution is 5.41. The number of benzene rings is 2. The fraction of sp³-hybridized carbons (Fsp3) is 0.409. The number of unbranched alkanes of at least 4 members (excludes halogenated alkanes) is 10. The molecule has 3 nitrogen and oxygen atoms in total. The van der Waals surface area contributed by atoms with Crippen molar-refractivity contribution in [2.45, 2.75) is 104 Å². The SMILES string of the molecule is C=C.C=C.C=C.C=C.C=C.C=C.C=C.CCCCCCCCc1ccccc1Oc1ccccc1CCCCCCCC.OCCO. The molecule has 270 valence electrons. The minimum absolute atomic E-state index is 0.125. The molecule has 0 aliphatic rings. The summed E-state index contributed by atoms with van der Waals surface area (Å²) in [5.74, 6) is 2.08. The van der Waals surface area contributed by atoms with Gasteiger partial charge >= 0.3 is 0 Å². The van der Waals surface area contributed by atoms with Crippen molar-refractivity contribution in [2.75, 3.05) is 13.2 Å². The molecular weight excluding hydrogens is 576 g/mol.